The number of amides is 2. The van der Waals surface area contributed by atoms with Crippen molar-refractivity contribution in [2.45, 2.75) is 12.1 Å². The van der Waals surface area contributed by atoms with Gasteiger partial charge in [-0.2, -0.15) is 0 Å². The van der Waals surface area contributed by atoms with Gasteiger partial charge in [0.15, 0.2) is 10.8 Å². The number of nitrogens with one attached hydrogen (secondary N) is 2. The Balaban J connectivity index is 1.94. The topological polar surface area (TPSA) is 88.4 Å². The lowest BCUT2D eigenvalue weighted by molar-refractivity contribution is -0.126. The van der Waals surface area contributed by atoms with E-state index in [0.717, 1.165) is 5.65 Å². The molecule has 0 saturated heterocycles. The van der Waals surface area contributed by atoms with Crippen LogP contribution in [-0.4, -0.2) is 32.2 Å². The van der Waals surface area contributed by atoms with E-state index < -0.39 is 0 Å². The highest BCUT2D eigenvalue weighted by Gasteiger charge is 2.08. The first-order valence-electron chi connectivity index (χ1n) is 5.15. The molecule has 2 aromatic heterocycles. The summed E-state index contributed by atoms with van der Waals surface area (Å²) in [4.78, 5) is 22.0. The standard InChI is InChI=1S/C10H11N5O2S/c1-7(16)11-13-9(17)6-18-10-14-12-8-4-2-3-5-15(8)10/h2-5H,6H2,1H3,(H,11,16)(H,13,17). The molecule has 2 heterocycles. The third-order valence-electron chi connectivity index (χ3n) is 1.99. The Bertz CT molecular complexity index is 582. The van der Waals surface area contributed by atoms with Gasteiger partial charge in [-0.05, 0) is 12.1 Å². The molecule has 2 amide bonds. The van der Waals surface area contributed by atoms with Gasteiger partial charge in [-0.3, -0.25) is 24.8 Å². The molecule has 18 heavy (non-hydrogen) atoms. The van der Waals surface area contributed by atoms with Gasteiger partial charge in [0.2, 0.25) is 11.8 Å². The molecule has 2 aromatic rings. The van der Waals surface area contributed by atoms with Crippen LogP contribution in [-0.2, 0) is 9.59 Å². The first-order valence-corrected chi connectivity index (χ1v) is 6.13. The van der Waals surface area contributed by atoms with Gasteiger partial charge in [-0.1, -0.05) is 17.8 Å². The molecule has 2 N–H and O–H groups in total. The average Bonchev–Trinajstić information content (AvgIpc) is 2.77. The Morgan fingerprint density at radius 3 is 2.94 bits per heavy atom. The summed E-state index contributed by atoms with van der Waals surface area (Å²) >= 11 is 1.24. The minimum atomic E-state index is -0.318. The maximum absolute atomic E-state index is 11.4. The van der Waals surface area contributed by atoms with Crippen LogP contribution in [0.2, 0.25) is 0 Å². The first kappa shape index (κ1) is 12.4. The Hall–Kier alpha value is -2.09. The summed E-state index contributed by atoms with van der Waals surface area (Å²) in [6, 6.07) is 5.55. The Morgan fingerprint density at radius 1 is 1.33 bits per heavy atom. The summed E-state index contributed by atoms with van der Waals surface area (Å²) in [5.41, 5.74) is 5.22. The molecule has 0 atom stereocenters. The van der Waals surface area contributed by atoms with Crippen molar-refractivity contribution in [1.29, 1.82) is 0 Å². The Labute approximate surface area is 107 Å². The molecule has 8 heteroatoms. The fourth-order valence-electron chi connectivity index (χ4n) is 1.24. The molecule has 2 rings (SSSR count). The summed E-state index contributed by atoms with van der Waals surface area (Å²) < 4.78 is 1.79. The maximum atomic E-state index is 11.4. The summed E-state index contributed by atoms with van der Waals surface area (Å²) in [5.74, 6) is -0.472. The molecule has 0 fully saturated rings. The molecule has 7 nitrogen and oxygen atoms in total. The molecule has 0 aliphatic rings. The van der Waals surface area contributed by atoms with Crippen molar-refractivity contribution in [2.75, 3.05) is 5.75 Å². The smallest absolute Gasteiger partial charge is 0.248 e. The van der Waals surface area contributed by atoms with Crippen molar-refractivity contribution < 1.29 is 9.59 Å². The zero-order chi connectivity index (χ0) is 13.0. The molecule has 94 valence electrons. The molecular formula is C10H11N5O2S. The minimum Gasteiger partial charge on any atom is -0.277 e. The van der Waals surface area contributed by atoms with Gasteiger partial charge in [0.05, 0.1) is 5.75 Å². The number of thioether (sulfide) groups is 1. The van der Waals surface area contributed by atoms with Gasteiger partial charge in [-0.15, -0.1) is 10.2 Å². The van der Waals surface area contributed by atoms with Crippen molar-refractivity contribution in [3.8, 4) is 0 Å². The van der Waals surface area contributed by atoms with E-state index in [1.54, 1.807) is 4.40 Å². The second kappa shape index (κ2) is 5.50. The monoisotopic (exact) mass is 265 g/mol. The van der Waals surface area contributed by atoms with Crippen LogP contribution < -0.4 is 10.9 Å². The van der Waals surface area contributed by atoms with Crippen LogP contribution in [0.25, 0.3) is 5.65 Å². The van der Waals surface area contributed by atoms with Crippen LogP contribution in [0.5, 0.6) is 0 Å². The summed E-state index contributed by atoms with van der Waals surface area (Å²) in [6.07, 6.45) is 1.82. The lowest BCUT2D eigenvalue weighted by Crippen LogP contribution is -2.41. The average molecular weight is 265 g/mol. The van der Waals surface area contributed by atoms with Gasteiger partial charge in [0, 0.05) is 13.1 Å². The van der Waals surface area contributed by atoms with Crippen LogP contribution >= 0.6 is 11.8 Å². The van der Waals surface area contributed by atoms with Crippen molar-refractivity contribution >= 4 is 29.2 Å². The van der Waals surface area contributed by atoms with Crippen LogP contribution in [0.4, 0.5) is 0 Å². The minimum absolute atomic E-state index is 0.149. The van der Waals surface area contributed by atoms with Crippen LogP contribution in [0, 0.1) is 0 Å². The van der Waals surface area contributed by atoms with E-state index in [4.69, 9.17) is 0 Å². The predicted molar refractivity (Wildman–Crippen MR) is 65.7 cm³/mol. The second-order valence-corrected chi connectivity index (χ2v) is 4.37. The van der Waals surface area contributed by atoms with Crippen molar-refractivity contribution in [1.82, 2.24) is 25.4 Å². The first-order chi connectivity index (χ1) is 8.66. The van der Waals surface area contributed by atoms with Crippen molar-refractivity contribution in [2.24, 2.45) is 0 Å². The Morgan fingerprint density at radius 2 is 2.17 bits per heavy atom. The largest absolute Gasteiger partial charge is 0.277 e. The normalized spacial score (nSPS) is 10.3. The number of hydrogen-bond donors (Lipinski definition) is 2. The molecule has 0 unspecified atom stereocenters. The van der Waals surface area contributed by atoms with E-state index in [0.29, 0.717) is 5.16 Å². The quantitative estimate of drug-likeness (QED) is 0.602. The zero-order valence-electron chi connectivity index (χ0n) is 9.58. The lowest BCUT2D eigenvalue weighted by atomic mass is 10.5. The van der Waals surface area contributed by atoms with Gasteiger partial charge in [0.1, 0.15) is 0 Å². The van der Waals surface area contributed by atoms with Crippen LogP contribution in [0.3, 0.4) is 0 Å². The van der Waals surface area contributed by atoms with E-state index in [-0.39, 0.29) is 17.6 Å². The Kier molecular flexibility index (Phi) is 3.78. The predicted octanol–water partition coefficient (Wildman–Crippen LogP) is -0.0113. The van der Waals surface area contributed by atoms with Gasteiger partial charge in [-0.25, -0.2) is 0 Å². The number of carbonyl (C=O) groups excluding carboxylic acids is 2. The molecule has 0 aromatic carbocycles. The van der Waals surface area contributed by atoms with Crippen molar-refractivity contribution in [3.63, 3.8) is 0 Å². The van der Waals surface area contributed by atoms with E-state index in [2.05, 4.69) is 21.0 Å². The molecule has 0 radical (unpaired) electrons. The van der Waals surface area contributed by atoms with Gasteiger partial charge >= 0.3 is 0 Å². The fraction of sp³-hybridized carbons (Fsp3) is 0.200. The number of fused-ring (bicyclic) bond motifs is 1. The molecule has 0 aliphatic heterocycles. The zero-order valence-corrected chi connectivity index (χ0v) is 10.4. The highest BCUT2D eigenvalue weighted by atomic mass is 32.2. The van der Waals surface area contributed by atoms with E-state index in [9.17, 15) is 9.59 Å². The number of nitrogens with zero attached hydrogens (tertiary/aromatic N) is 3. The van der Waals surface area contributed by atoms with Gasteiger partial charge in [0.25, 0.3) is 0 Å². The summed E-state index contributed by atoms with van der Waals surface area (Å²) in [7, 11) is 0. The number of hydrogen-bond acceptors (Lipinski definition) is 5. The third-order valence-corrected chi connectivity index (χ3v) is 2.94. The summed E-state index contributed by atoms with van der Waals surface area (Å²) in [5, 5.41) is 8.56. The number of aromatic nitrogens is 3. The molecule has 0 aliphatic carbocycles. The highest BCUT2D eigenvalue weighted by molar-refractivity contribution is 7.99. The lowest BCUT2D eigenvalue weighted by Gasteiger charge is -2.03. The van der Waals surface area contributed by atoms with Crippen LogP contribution in [0.1, 0.15) is 6.92 Å². The molecular weight excluding hydrogens is 254 g/mol. The third kappa shape index (κ3) is 2.98. The van der Waals surface area contributed by atoms with Crippen molar-refractivity contribution in [3.05, 3.63) is 24.4 Å². The highest BCUT2D eigenvalue weighted by Crippen LogP contribution is 2.15. The number of rotatable bonds is 3. The summed E-state index contributed by atoms with van der Waals surface area (Å²) in [6.45, 7) is 1.32. The molecule has 0 saturated carbocycles. The van der Waals surface area contributed by atoms with Crippen LogP contribution in [0.15, 0.2) is 29.6 Å². The number of hydrazine groups is 1. The molecule has 0 spiro atoms. The SMILES string of the molecule is CC(=O)NNC(=O)CSc1nnc2ccccn12. The van der Waals surface area contributed by atoms with E-state index >= 15 is 0 Å². The molecule has 0 bridgehead atoms. The maximum Gasteiger partial charge on any atom is 0.248 e. The van der Waals surface area contributed by atoms with E-state index in [1.807, 2.05) is 24.4 Å². The second-order valence-electron chi connectivity index (χ2n) is 3.43. The van der Waals surface area contributed by atoms with Gasteiger partial charge < -0.3 is 0 Å². The fourth-order valence-corrected chi connectivity index (χ4v) is 1.97. The number of pyridine rings is 1. The number of carbonyl (C=O) groups is 2. The van der Waals surface area contributed by atoms with E-state index in [1.165, 1.54) is 18.7 Å².